The molecule has 1 N–H and O–H groups in total. The minimum atomic E-state index is 0.684. The highest BCUT2D eigenvalue weighted by molar-refractivity contribution is 9.10. The van der Waals surface area contributed by atoms with Gasteiger partial charge in [0.05, 0.1) is 18.4 Å². The van der Waals surface area contributed by atoms with Gasteiger partial charge in [0.25, 0.3) is 0 Å². The molecule has 1 aromatic carbocycles. The molecule has 2 rings (SSSR count). The predicted octanol–water partition coefficient (Wildman–Crippen LogP) is 3.16. The van der Waals surface area contributed by atoms with Crippen molar-refractivity contribution in [1.29, 1.82) is 0 Å². The first-order valence-electron chi connectivity index (χ1n) is 5.00. The zero-order valence-electron chi connectivity index (χ0n) is 8.94. The number of aryl methyl sites for hydroxylation is 1. The van der Waals surface area contributed by atoms with Gasteiger partial charge >= 0.3 is 0 Å². The number of hydrogen-bond donors (Lipinski definition) is 1. The highest BCUT2D eigenvalue weighted by Gasteiger charge is 1.98. The summed E-state index contributed by atoms with van der Waals surface area (Å²) < 4.78 is 1.11. The topological polar surface area (TPSA) is 37.8 Å². The number of nitrogens with zero attached hydrogens (tertiary/aromatic N) is 2. The van der Waals surface area contributed by atoms with Gasteiger partial charge in [-0.3, -0.25) is 9.97 Å². The molecular formula is C12H12BrN3. The largest absolute Gasteiger partial charge is 0.379 e. The maximum atomic E-state index is 4.20. The van der Waals surface area contributed by atoms with E-state index in [2.05, 4.69) is 56.3 Å². The summed E-state index contributed by atoms with van der Waals surface area (Å²) in [6.07, 6.45) is 5.13. The van der Waals surface area contributed by atoms with Crippen molar-refractivity contribution in [3.05, 3.63) is 52.5 Å². The molecular weight excluding hydrogens is 266 g/mol. The summed E-state index contributed by atoms with van der Waals surface area (Å²) in [5.74, 6) is 0. The Morgan fingerprint density at radius 3 is 2.88 bits per heavy atom. The molecule has 0 aliphatic rings. The van der Waals surface area contributed by atoms with Crippen molar-refractivity contribution in [2.45, 2.75) is 13.5 Å². The van der Waals surface area contributed by atoms with Gasteiger partial charge in [0.2, 0.25) is 0 Å². The molecule has 16 heavy (non-hydrogen) atoms. The van der Waals surface area contributed by atoms with Crippen molar-refractivity contribution in [3.63, 3.8) is 0 Å². The molecule has 3 nitrogen and oxygen atoms in total. The van der Waals surface area contributed by atoms with E-state index < -0.39 is 0 Å². The first kappa shape index (κ1) is 11.1. The third kappa shape index (κ3) is 2.79. The molecule has 0 saturated carbocycles. The number of rotatable bonds is 3. The maximum absolute atomic E-state index is 4.20. The van der Waals surface area contributed by atoms with Crippen molar-refractivity contribution in [3.8, 4) is 0 Å². The minimum absolute atomic E-state index is 0.684. The Labute approximate surface area is 103 Å². The number of hydrogen-bond acceptors (Lipinski definition) is 3. The van der Waals surface area contributed by atoms with E-state index in [1.54, 1.807) is 18.6 Å². The number of nitrogens with one attached hydrogen (secondary N) is 1. The lowest BCUT2D eigenvalue weighted by Gasteiger charge is -2.07. The van der Waals surface area contributed by atoms with Gasteiger partial charge in [0.1, 0.15) is 0 Å². The zero-order chi connectivity index (χ0) is 11.4. The lowest BCUT2D eigenvalue weighted by Crippen LogP contribution is -2.01. The van der Waals surface area contributed by atoms with E-state index in [0.29, 0.717) is 6.54 Å². The Kier molecular flexibility index (Phi) is 3.51. The molecule has 0 aliphatic carbocycles. The van der Waals surface area contributed by atoms with Gasteiger partial charge in [0.15, 0.2) is 0 Å². The molecule has 0 bridgehead atoms. The standard InChI is InChI=1S/C12H12BrN3/c1-9-2-3-10(6-12(9)13)16-8-11-7-14-4-5-15-11/h2-7,16H,8H2,1H3. The van der Waals surface area contributed by atoms with Crippen LogP contribution in [0.5, 0.6) is 0 Å². The minimum Gasteiger partial charge on any atom is -0.379 e. The molecule has 0 aliphatic heterocycles. The summed E-state index contributed by atoms with van der Waals surface area (Å²) in [5, 5.41) is 3.30. The molecule has 0 spiro atoms. The quantitative estimate of drug-likeness (QED) is 0.937. The van der Waals surface area contributed by atoms with Gasteiger partial charge in [-0.25, -0.2) is 0 Å². The van der Waals surface area contributed by atoms with E-state index in [0.717, 1.165) is 15.9 Å². The number of anilines is 1. The van der Waals surface area contributed by atoms with E-state index in [1.807, 2.05) is 0 Å². The summed E-state index contributed by atoms with van der Waals surface area (Å²) in [7, 11) is 0. The molecule has 0 fully saturated rings. The van der Waals surface area contributed by atoms with Crippen molar-refractivity contribution in [1.82, 2.24) is 9.97 Å². The molecule has 0 saturated heterocycles. The van der Waals surface area contributed by atoms with Crippen LogP contribution in [0.2, 0.25) is 0 Å². The van der Waals surface area contributed by atoms with Crippen molar-refractivity contribution < 1.29 is 0 Å². The highest BCUT2D eigenvalue weighted by atomic mass is 79.9. The van der Waals surface area contributed by atoms with Crippen LogP contribution in [0.3, 0.4) is 0 Å². The summed E-state index contributed by atoms with van der Waals surface area (Å²) in [6, 6.07) is 6.19. The zero-order valence-corrected chi connectivity index (χ0v) is 10.5. The van der Waals surface area contributed by atoms with Gasteiger partial charge in [-0.1, -0.05) is 22.0 Å². The molecule has 1 heterocycles. The lowest BCUT2D eigenvalue weighted by atomic mass is 10.2. The van der Waals surface area contributed by atoms with Gasteiger partial charge in [-0.05, 0) is 24.6 Å². The molecule has 4 heteroatoms. The summed E-state index contributed by atoms with van der Waals surface area (Å²) in [4.78, 5) is 8.21. The smallest absolute Gasteiger partial charge is 0.0777 e. The first-order valence-corrected chi connectivity index (χ1v) is 5.80. The van der Waals surface area contributed by atoms with Crippen LogP contribution in [-0.4, -0.2) is 9.97 Å². The second-order valence-corrected chi connectivity index (χ2v) is 4.37. The molecule has 2 aromatic rings. The summed E-state index contributed by atoms with van der Waals surface area (Å²) in [5.41, 5.74) is 3.23. The third-order valence-corrected chi connectivity index (χ3v) is 3.12. The highest BCUT2D eigenvalue weighted by Crippen LogP contribution is 2.20. The van der Waals surface area contributed by atoms with Gasteiger partial charge in [-0.2, -0.15) is 0 Å². The van der Waals surface area contributed by atoms with Gasteiger partial charge in [0, 0.05) is 22.6 Å². The Bertz CT molecular complexity index is 471. The average molecular weight is 278 g/mol. The third-order valence-electron chi connectivity index (χ3n) is 2.26. The van der Waals surface area contributed by atoms with E-state index in [-0.39, 0.29) is 0 Å². The second kappa shape index (κ2) is 5.07. The van der Waals surface area contributed by atoms with E-state index in [9.17, 15) is 0 Å². The van der Waals surface area contributed by atoms with Crippen molar-refractivity contribution >= 4 is 21.6 Å². The fourth-order valence-corrected chi connectivity index (χ4v) is 1.70. The number of halogens is 1. The van der Waals surface area contributed by atoms with Crippen LogP contribution < -0.4 is 5.32 Å². The number of benzene rings is 1. The Hall–Kier alpha value is -1.42. The van der Waals surface area contributed by atoms with E-state index in [4.69, 9.17) is 0 Å². The molecule has 0 unspecified atom stereocenters. The predicted molar refractivity (Wildman–Crippen MR) is 68.2 cm³/mol. The molecule has 0 radical (unpaired) electrons. The number of aromatic nitrogens is 2. The molecule has 0 amide bonds. The van der Waals surface area contributed by atoms with Crippen LogP contribution in [0.15, 0.2) is 41.3 Å². The summed E-state index contributed by atoms with van der Waals surface area (Å²) >= 11 is 3.50. The molecule has 1 aromatic heterocycles. The first-order chi connectivity index (χ1) is 7.75. The Balaban J connectivity index is 2.03. The van der Waals surface area contributed by atoms with Crippen LogP contribution in [-0.2, 0) is 6.54 Å². The Morgan fingerprint density at radius 1 is 1.31 bits per heavy atom. The normalized spacial score (nSPS) is 10.1. The van der Waals surface area contributed by atoms with Crippen LogP contribution >= 0.6 is 15.9 Å². The van der Waals surface area contributed by atoms with E-state index in [1.165, 1.54) is 5.56 Å². The Morgan fingerprint density at radius 2 is 2.19 bits per heavy atom. The lowest BCUT2D eigenvalue weighted by molar-refractivity contribution is 1.01. The van der Waals surface area contributed by atoms with Crippen molar-refractivity contribution in [2.24, 2.45) is 0 Å². The molecule has 82 valence electrons. The van der Waals surface area contributed by atoms with E-state index >= 15 is 0 Å². The van der Waals surface area contributed by atoms with Gasteiger partial charge < -0.3 is 5.32 Å². The molecule has 0 atom stereocenters. The fourth-order valence-electron chi connectivity index (χ4n) is 1.32. The average Bonchev–Trinajstić information content (AvgIpc) is 2.32. The van der Waals surface area contributed by atoms with Crippen LogP contribution in [0.25, 0.3) is 0 Å². The summed E-state index contributed by atoms with van der Waals surface area (Å²) in [6.45, 7) is 2.75. The monoisotopic (exact) mass is 277 g/mol. The van der Waals surface area contributed by atoms with Crippen LogP contribution in [0.1, 0.15) is 11.3 Å². The second-order valence-electron chi connectivity index (χ2n) is 3.51. The van der Waals surface area contributed by atoms with Crippen molar-refractivity contribution in [2.75, 3.05) is 5.32 Å². The van der Waals surface area contributed by atoms with Crippen LogP contribution in [0, 0.1) is 6.92 Å². The fraction of sp³-hybridized carbons (Fsp3) is 0.167. The SMILES string of the molecule is Cc1ccc(NCc2cnccn2)cc1Br. The van der Waals surface area contributed by atoms with Gasteiger partial charge in [-0.15, -0.1) is 0 Å². The van der Waals surface area contributed by atoms with Crippen LogP contribution in [0.4, 0.5) is 5.69 Å². The maximum Gasteiger partial charge on any atom is 0.0777 e.